The number of nitrogens with zero attached hydrogens (tertiary/aromatic N) is 1. The molecule has 1 rings (SSSR count). The van der Waals surface area contributed by atoms with E-state index in [0.29, 0.717) is 0 Å². The number of hydrogen-bond acceptors (Lipinski definition) is 5. The summed E-state index contributed by atoms with van der Waals surface area (Å²) < 4.78 is 9.27. The van der Waals surface area contributed by atoms with E-state index >= 15 is 0 Å². The maximum atomic E-state index is 11.4. The fraction of sp³-hybridized carbons (Fsp3) is 0.778. The molecule has 1 heterocycles. The predicted octanol–water partition coefficient (Wildman–Crippen LogP) is -0.391. The molecule has 1 aliphatic rings. The SMILES string of the molecule is CCOC(=O)C1CN(C(=O)OC)CC1O. The molecule has 0 aromatic heterocycles. The molecule has 0 saturated carbocycles. The maximum absolute atomic E-state index is 11.4. The van der Waals surface area contributed by atoms with Crippen molar-refractivity contribution in [2.24, 2.45) is 5.92 Å². The van der Waals surface area contributed by atoms with E-state index in [1.54, 1.807) is 6.92 Å². The van der Waals surface area contributed by atoms with E-state index in [9.17, 15) is 14.7 Å². The number of rotatable bonds is 2. The quantitative estimate of drug-likeness (QED) is 0.637. The zero-order valence-corrected chi connectivity index (χ0v) is 8.80. The lowest BCUT2D eigenvalue weighted by atomic mass is 10.1. The van der Waals surface area contributed by atoms with Gasteiger partial charge in [-0.1, -0.05) is 0 Å². The van der Waals surface area contributed by atoms with Crippen LogP contribution in [0, 0.1) is 5.92 Å². The Morgan fingerprint density at radius 1 is 1.47 bits per heavy atom. The van der Waals surface area contributed by atoms with Crippen molar-refractivity contribution in [3.63, 3.8) is 0 Å². The molecule has 0 aliphatic carbocycles. The second kappa shape index (κ2) is 4.97. The largest absolute Gasteiger partial charge is 0.466 e. The van der Waals surface area contributed by atoms with Crippen LogP contribution in [-0.2, 0) is 14.3 Å². The summed E-state index contributed by atoms with van der Waals surface area (Å²) >= 11 is 0. The molecule has 0 bridgehead atoms. The molecule has 1 amide bonds. The van der Waals surface area contributed by atoms with Crippen LogP contribution < -0.4 is 0 Å². The van der Waals surface area contributed by atoms with Gasteiger partial charge in [0.2, 0.25) is 0 Å². The normalized spacial score (nSPS) is 25.1. The van der Waals surface area contributed by atoms with Crippen LogP contribution in [0.5, 0.6) is 0 Å². The smallest absolute Gasteiger partial charge is 0.409 e. The number of methoxy groups -OCH3 is 1. The summed E-state index contributed by atoms with van der Waals surface area (Å²) in [7, 11) is 1.26. The Morgan fingerprint density at radius 3 is 2.67 bits per heavy atom. The monoisotopic (exact) mass is 217 g/mol. The van der Waals surface area contributed by atoms with Gasteiger partial charge in [-0.25, -0.2) is 4.79 Å². The van der Waals surface area contributed by atoms with Gasteiger partial charge in [0, 0.05) is 6.54 Å². The van der Waals surface area contributed by atoms with Crippen molar-refractivity contribution in [2.45, 2.75) is 13.0 Å². The predicted molar refractivity (Wildman–Crippen MR) is 50.1 cm³/mol. The summed E-state index contributed by atoms with van der Waals surface area (Å²) in [5, 5.41) is 9.55. The van der Waals surface area contributed by atoms with Crippen LogP contribution in [0.3, 0.4) is 0 Å². The van der Waals surface area contributed by atoms with Crippen molar-refractivity contribution in [2.75, 3.05) is 26.8 Å². The van der Waals surface area contributed by atoms with Crippen molar-refractivity contribution in [3.8, 4) is 0 Å². The fourth-order valence-corrected chi connectivity index (χ4v) is 1.55. The lowest BCUT2D eigenvalue weighted by molar-refractivity contribution is -0.150. The number of carbonyl (C=O) groups is 2. The minimum Gasteiger partial charge on any atom is -0.466 e. The topological polar surface area (TPSA) is 76.1 Å². The Bertz CT molecular complexity index is 255. The molecule has 0 aromatic carbocycles. The first-order valence-corrected chi connectivity index (χ1v) is 4.77. The van der Waals surface area contributed by atoms with Gasteiger partial charge >= 0.3 is 12.1 Å². The van der Waals surface area contributed by atoms with Crippen LogP contribution in [-0.4, -0.2) is 55.0 Å². The molecule has 0 aromatic rings. The second-order valence-electron chi connectivity index (χ2n) is 3.30. The molecule has 2 unspecified atom stereocenters. The average molecular weight is 217 g/mol. The number of likely N-dealkylation sites (tertiary alicyclic amines) is 1. The highest BCUT2D eigenvalue weighted by atomic mass is 16.5. The summed E-state index contributed by atoms with van der Waals surface area (Å²) in [4.78, 5) is 23.8. The Labute approximate surface area is 87.8 Å². The van der Waals surface area contributed by atoms with Gasteiger partial charge in [-0.3, -0.25) is 4.79 Å². The van der Waals surface area contributed by atoms with E-state index in [2.05, 4.69) is 4.74 Å². The van der Waals surface area contributed by atoms with Crippen molar-refractivity contribution < 1.29 is 24.2 Å². The zero-order valence-electron chi connectivity index (χ0n) is 8.80. The first-order chi connectivity index (χ1) is 7.10. The summed E-state index contributed by atoms with van der Waals surface area (Å²) in [6.07, 6.45) is -1.41. The molecule has 1 saturated heterocycles. The number of carbonyl (C=O) groups excluding carboxylic acids is 2. The summed E-state index contributed by atoms with van der Waals surface area (Å²) in [6.45, 7) is 2.21. The van der Waals surface area contributed by atoms with Crippen molar-refractivity contribution in [3.05, 3.63) is 0 Å². The van der Waals surface area contributed by atoms with Gasteiger partial charge in [0.25, 0.3) is 0 Å². The molecule has 0 radical (unpaired) electrons. The number of amides is 1. The van der Waals surface area contributed by atoms with Crippen molar-refractivity contribution in [1.82, 2.24) is 4.90 Å². The number of ether oxygens (including phenoxy) is 2. The molecule has 6 nitrogen and oxygen atoms in total. The lowest BCUT2D eigenvalue weighted by Crippen LogP contribution is -2.30. The highest BCUT2D eigenvalue weighted by Gasteiger charge is 2.39. The Hall–Kier alpha value is -1.30. The maximum Gasteiger partial charge on any atom is 0.409 e. The third kappa shape index (κ3) is 2.59. The number of aliphatic hydroxyl groups excluding tert-OH is 1. The number of β-amino-alcohol motifs (C(OH)–C–C–N with tert-alkyl or cyclic N) is 1. The van der Waals surface area contributed by atoms with Crippen LogP contribution in [0.25, 0.3) is 0 Å². The highest BCUT2D eigenvalue weighted by Crippen LogP contribution is 2.19. The third-order valence-electron chi connectivity index (χ3n) is 2.31. The molecule has 86 valence electrons. The lowest BCUT2D eigenvalue weighted by Gasteiger charge is -2.13. The molecule has 0 spiro atoms. The Balaban J connectivity index is 2.56. The standard InChI is InChI=1S/C9H15NO5/c1-3-15-8(12)6-4-10(5-7(6)11)9(13)14-2/h6-7,11H,3-5H2,1-2H3. The number of esters is 1. The fourth-order valence-electron chi connectivity index (χ4n) is 1.55. The first-order valence-electron chi connectivity index (χ1n) is 4.77. The number of hydrogen-bond donors (Lipinski definition) is 1. The van der Waals surface area contributed by atoms with Crippen LogP contribution >= 0.6 is 0 Å². The minimum atomic E-state index is -0.872. The van der Waals surface area contributed by atoms with Gasteiger partial charge in [0.05, 0.1) is 26.4 Å². The number of aliphatic hydroxyl groups is 1. The van der Waals surface area contributed by atoms with Crippen molar-refractivity contribution >= 4 is 12.1 Å². The van der Waals surface area contributed by atoms with Gasteiger partial charge < -0.3 is 19.5 Å². The van der Waals surface area contributed by atoms with E-state index in [-0.39, 0.29) is 19.7 Å². The molecule has 15 heavy (non-hydrogen) atoms. The molecule has 1 aliphatic heterocycles. The summed E-state index contributed by atoms with van der Waals surface area (Å²) in [6, 6.07) is 0. The van der Waals surface area contributed by atoms with Gasteiger partial charge in [-0.15, -0.1) is 0 Å². The second-order valence-corrected chi connectivity index (χ2v) is 3.30. The van der Waals surface area contributed by atoms with Crippen LogP contribution in [0.4, 0.5) is 4.79 Å². The van der Waals surface area contributed by atoms with E-state index in [1.165, 1.54) is 12.0 Å². The van der Waals surface area contributed by atoms with Crippen LogP contribution in [0.15, 0.2) is 0 Å². The van der Waals surface area contributed by atoms with E-state index in [4.69, 9.17) is 4.74 Å². The highest BCUT2D eigenvalue weighted by molar-refractivity contribution is 5.76. The minimum absolute atomic E-state index is 0.107. The molecule has 6 heteroatoms. The summed E-state index contributed by atoms with van der Waals surface area (Å²) in [5.74, 6) is -1.14. The third-order valence-corrected chi connectivity index (χ3v) is 2.31. The van der Waals surface area contributed by atoms with Gasteiger partial charge in [0.1, 0.15) is 5.92 Å². The molecule has 2 atom stereocenters. The molecular weight excluding hydrogens is 202 g/mol. The Kier molecular flexibility index (Phi) is 3.90. The van der Waals surface area contributed by atoms with E-state index in [1.807, 2.05) is 0 Å². The Morgan fingerprint density at radius 2 is 2.13 bits per heavy atom. The van der Waals surface area contributed by atoms with E-state index in [0.717, 1.165) is 0 Å². The molecule has 1 fully saturated rings. The van der Waals surface area contributed by atoms with Crippen molar-refractivity contribution in [1.29, 1.82) is 0 Å². The first kappa shape index (κ1) is 11.8. The molecule has 1 N–H and O–H groups in total. The van der Waals surface area contributed by atoms with Gasteiger partial charge in [0.15, 0.2) is 0 Å². The molecular formula is C9H15NO5. The van der Waals surface area contributed by atoms with E-state index < -0.39 is 24.1 Å². The van der Waals surface area contributed by atoms with Crippen LogP contribution in [0.1, 0.15) is 6.92 Å². The summed E-state index contributed by atoms with van der Waals surface area (Å²) in [5.41, 5.74) is 0. The average Bonchev–Trinajstić information content (AvgIpc) is 2.59. The van der Waals surface area contributed by atoms with Gasteiger partial charge in [-0.2, -0.15) is 0 Å². The van der Waals surface area contributed by atoms with Crippen LogP contribution in [0.2, 0.25) is 0 Å². The zero-order chi connectivity index (χ0) is 11.4. The van der Waals surface area contributed by atoms with Gasteiger partial charge in [-0.05, 0) is 6.92 Å².